The summed E-state index contributed by atoms with van der Waals surface area (Å²) in [5, 5.41) is 8.84. The minimum absolute atomic E-state index is 0.566. The fraction of sp³-hybridized carbons (Fsp3) is 0.0952. The van der Waals surface area contributed by atoms with Crippen LogP contribution in [0.2, 0.25) is 0 Å². The normalized spacial score (nSPS) is 10.1. The van der Waals surface area contributed by atoms with Gasteiger partial charge in [-0.2, -0.15) is 5.26 Å². The van der Waals surface area contributed by atoms with Crippen molar-refractivity contribution in [3.63, 3.8) is 0 Å². The van der Waals surface area contributed by atoms with Crippen LogP contribution < -0.4 is 4.74 Å². The molecule has 0 aliphatic rings. The van der Waals surface area contributed by atoms with Gasteiger partial charge >= 0.3 is 0 Å². The Morgan fingerprint density at radius 1 is 0.783 bits per heavy atom. The maximum absolute atomic E-state index is 8.84. The molecule has 112 valence electrons. The second-order valence-corrected chi connectivity index (χ2v) is 5.49. The highest BCUT2D eigenvalue weighted by atomic mass is 16.5. The molecule has 0 N–H and O–H groups in total. The van der Waals surface area contributed by atoms with Gasteiger partial charge in [-0.05, 0) is 47.9 Å². The fourth-order valence-electron chi connectivity index (χ4n) is 2.33. The summed E-state index contributed by atoms with van der Waals surface area (Å²) in [5.74, 6) is 0.850. The topological polar surface area (TPSA) is 33.0 Å². The van der Waals surface area contributed by atoms with Crippen molar-refractivity contribution in [3.8, 4) is 22.9 Å². The lowest BCUT2D eigenvalue weighted by Crippen LogP contribution is -1.95. The Kier molecular flexibility index (Phi) is 4.40. The van der Waals surface area contributed by atoms with E-state index in [1.807, 2.05) is 48.5 Å². The third-order valence-electron chi connectivity index (χ3n) is 3.73. The Bertz CT molecular complexity index is 810. The summed E-state index contributed by atoms with van der Waals surface area (Å²) in [4.78, 5) is 0. The molecule has 0 bridgehead atoms. The first kappa shape index (κ1) is 14.9. The van der Waals surface area contributed by atoms with Gasteiger partial charge in [0.05, 0.1) is 11.6 Å². The smallest absolute Gasteiger partial charge is 0.119 e. The molecule has 0 fully saturated rings. The van der Waals surface area contributed by atoms with Crippen molar-refractivity contribution in [2.75, 3.05) is 0 Å². The van der Waals surface area contributed by atoms with Crippen molar-refractivity contribution in [1.29, 1.82) is 5.26 Å². The van der Waals surface area contributed by atoms with Crippen LogP contribution in [0.1, 0.15) is 16.7 Å². The summed E-state index contributed by atoms with van der Waals surface area (Å²) in [5.41, 5.74) is 5.28. The van der Waals surface area contributed by atoms with Crippen molar-refractivity contribution >= 4 is 0 Å². The van der Waals surface area contributed by atoms with Crippen LogP contribution in [0.25, 0.3) is 11.1 Å². The number of hydrogen-bond donors (Lipinski definition) is 0. The van der Waals surface area contributed by atoms with E-state index in [1.54, 1.807) is 0 Å². The van der Waals surface area contributed by atoms with Crippen LogP contribution in [-0.2, 0) is 6.61 Å². The van der Waals surface area contributed by atoms with Gasteiger partial charge < -0.3 is 4.74 Å². The number of aryl methyl sites for hydroxylation is 1. The largest absolute Gasteiger partial charge is 0.489 e. The minimum atomic E-state index is 0.566. The Balaban J connectivity index is 1.66. The number of nitriles is 1. The quantitative estimate of drug-likeness (QED) is 0.670. The van der Waals surface area contributed by atoms with Crippen molar-refractivity contribution < 1.29 is 4.74 Å². The number of nitrogens with zero attached hydrogens (tertiary/aromatic N) is 1. The molecule has 0 amide bonds. The second-order valence-electron chi connectivity index (χ2n) is 5.49. The molecular weight excluding hydrogens is 282 g/mol. The second kappa shape index (κ2) is 6.81. The Labute approximate surface area is 136 Å². The zero-order valence-corrected chi connectivity index (χ0v) is 13.0. The molecule has 23 heavy (non-hydrogen) atoms. The van der Waals surface area contributed by atoms with E-state index in [0.717, 1.165) is 22.4 Å². The van der Waals surface area contributed by atoms with E-state index in [4.69, 9.17) is 10.00 Å². The SMILES string of the molecule is Cc1ccc(COc2ccc(-c3ccc(C#N)cc3)cc2)cc1. The first-order valence-electron chi connectivity index (χ1n) is 7.53. The van der Waals surface area contributed by atoms with Gasteiger partial charge in [0.1, 0.15) is 12.4 Å². The molecule has 3 aromatic carbocycles. The highest BCUT2D eigenvalue weighted by molar-refractivity contribution is 5.64. The van der Waals surface area contributed by atoms with Gasteiger partial charge in [-0.15, -0.1) is 0 Å². The Morgan fingerprint density at radius 3 is 1.91 bits per heavy atom. The van der Waals surface area contributed by atoms with E-state index in [2.05, 4.69) is 37.3 Å². The van der Waals surface area contributed by atoms with Gasteiger partial charge in [-0.1, -0.05) is 54.1 Å². The van der Waals surface area contributed by atoms with Gasteiger partial charge in [0.25, 0.3) is 0 Å². The first-order valence-corrected chi connectivity index (χ1v) is 7.53. The number of benzene rings is 3. The lowest BCUT2D eigenvalue weighted by molar-refractivity contribution is 0.306. The summed E-state index contributed by atoms with van der Waals surface area (Å²) < 4.78 is 5.82. The third-order valence-corrected chi connectivity index (χ3v) is 3.73. The van der Waals surface area contributed by atoms with Crippen molar-refractivity contribution in [2.45, 2.75) is 13.5 Å². The predicted molar refractivity (Wildman–Crippen MR) is 92.1 cm³/mol. The number of ether oxygens (including phenoxy) is 1. The molecule has 3 aromatic rings. The van der Waals surface area contributed by atoms with Gasteiger partial charge in [0, 0.05) is 0 Å². The molecule has 2 nitrogen and oxygen atoms in total. The van der Waals surface area contributed by atoms with Crippen LogP contribution in [0, 0.1) is 18.3 Å². The van der Waals surface area contributed by atoms with E-state index >= 15 is 0 Å². The maximum atomic E-state index is 8.84. The zero-order chi connectivity index (χ0) is 16.1. The lowest BCUT2D eigenvalue weighted by Gasteiger charge is -2.08. The van der Waals surface area contributed by atoms with Crippen LogP contribution in [0.5, 0.6) is 5.75 Å². The average molecular weight is 299 g/mol. The zero-order valence-electron chi connectivity index (χ0n) is 13.0. The predicted octanol–water partition coefficient (Wildman–Crippen LogP) is 5.11. The Morgan fingerprint density at radius 2 is 1.35 bits per heavy atom. The Hall–Kier alpha value is -3.05. The van der Waals surface area contributed by atoms with Crippen LogP contribution in [0.3, 0.4) is 0 Å². The molecule has 0 unspecified atom stereocenters. The van der Waals surface area contributed by atoms with Gasteiger partial charge in [-0.25, -0.2) is 0 Å². The molecule has 0 saturated carbocycles. The van der Waals surface area contributed by atoms with Crippen molar-refractivity contribution in [1.82, 2.24) is 0 Å². The van der Waals surface area contributed by atoms with Crippen LogP contribution in [0.15, 0.2) is 72.8 Å². The summed E-state index contributed by atoms with van der Waals surface area (Å²) >= 11 is 0. The molecule has 0 aliphatic heterocycles. The third kappa shape index (κ3) is 3.78. The molecular formula is C21H17NO. The molecule has 0 heterocycles. The van der Waals surface area contributed by atoms with Crippen LogP contribution in [0.4, 0.5) is 0 Å². The molecule has 0 aromatic heterocycles. The van der Waals surface area contributed by atoms with E-state index in [1.165, 1.54) is 5.56 Å². The number of rotatable bonds is 4. The van der Waals surface area contributed by atoms with E-state index < -0.39 is 0 Å². The monoisotopic (exact) mass is 299 g/mol. The van der Waals surface area contributed by atoms with E-state index in [9.17, 15) is 0 Å². The number of hydrogen-bond acceptors (Lipinski definition) is 2. The van der Waals surface area contributed by atoms with Gasteiger partial charge in [-0.3, -0.25) is 0 Å². The molecule has 0 atom stereocenters. The van der Waals surface area contributed by atoms with Gasteiger partial charge in [0.2, 0.25) is 0 Å². The van der Waals surface area contributed by atoms with E-state index in [-0.39, 0.29) is 0 Å². The molecule has 0 aliphatic carbocycles. The molecule has 3 rings (SSSR count). The van der Waals surface area contributed by atoms with E-state index in [0.29, 0.717) is 12.2 Å². The molecule has 0 saturated heterocycles. The van der Waals surface area contributed by atoms with Crippen LogP contribution >= 0.6 is 0 Å². The van der Waals surface area contributed by atoms with Crippen LogP contribution in [-0.4, -0.2) is 0 Å². The minimum Gasteiger partial charge on any atom is -0.489 e. The standard InChI is InChI=1S/C21H17NO/c1-16-2-4-18(5-3-16)15-23-21-12-10-20(11-13-21)19-8-6-17(14-22)7-9-19/h2-13H,15H2,1H3. The highest BCUT2D eigenvalue weighted by Crippen LogP contribution is 2.23. The molecule has 0 spiro atoms. The summed E-state index contributed by atoms with van der Waals surface area (Å²) in [7, 11) is 0. The maximum Gasteiger partial charge on any atom is 0.119 e. The summed E-state index contributed by atoms with van der Waals surface area (Å²) in [6.45, 7) is 2.64. The fourth-order valence-corrected chi connectivity index (χ4v) is 2.33. The first-order chi connectivity index (χ1) is 11.2. The summed E-state index contributed by atoms with van der Waals surface area (Å²) in [6, 6.07) is 26.1. The highest BCUT2D eigenvalue weighted by Gasteiger charge is 2.00. The average Bonchev–Trinajstić information content (AvgIpc) is 2.62. The molecule has 0 radical (unpaired) electrons. The summed E-state index contributed by atoms with van der Waals surface area (Å²) in [6.07, 6.45) is 0. The van der Waals surface area contributed by atoms with Gasteiger partial charge in [0.15, 0.2) is 0 Å². The van der Waals surface area contributed by atoms with Crippen molar-refractivity contribution in [3.05, 3.63) is 89.5 Å². The molecule has 2 heteroatoms. The lowest BCUT2D eigenvalue weighted by atomic mass is 10.0. The van der Waals surface area contributed by atoms with Crippen molar-refractivity contribution in [2.24, 2.45) is 0 Å².